The maximum Gasteiger partial charge on any atom is 0.259 e. The lowest BCUT2D eigenvalue weighted by Crippen LogP contribution is -2.12. The fourth-order valence-electron chi connectivity index (χ4n) is 2.08. The van der Waals surface area contributed by atoms with Gasteiger partial charge in [-0.3, -0.25) is 4.79 Å². The maximum atomic E-state index is 12.1. The Morgan fingerprint density at radius 1 is 1.33 bits per heavy atom. The molecule has 1 atom stereocenters. The molecule has 5 nitrogen and oxygen atoms in total. The monoisotopic (exact) mass is 321 g/mol. The van der Waals surface area contributed by atoms with Crippen LogP contribution in [0.2, 0.25) is 0 Å². The van der Waals surface area contributed by atoms with Gasteiger partial charge in [-0.15, -0.1) is 22.7 Å². The van der Waals surface area contributed by atoms with Gasteiger partial charge in [0.25, 0.3) is 5.56 Å². The highest BCUT2D eigenvalue weighted by Crippen LogP contribution is 2.23. The number of nitrogens with zero attached hydrogens (tertiary/aromatic N) is 2. The van der Waals surface area contributed by atoms with Gasteiger partial charge in [-0.1, -0.05) is 0 Å². The van der Waals surface area contributed by atoms with Gasteiger partial charge in [-0.05, 0) is 24.8 Å². The highest BCUT2D eigenvalue weighted by Gasteiger charge is 2.12. The fourth-order valence-corrected chi connectivity index (χ4v) is 3.87. The summed E-state index contributed by atoms with van der Waals surface area (Å²) in [4.78, 5) is 24.8. The number of nitrogens with one attached hydrogen (secondary N) is 1. The molecule has 0 saturated carbocycles. The van der Waals surface area contributed by atoms with Crippen LogP contribution in [0, 0.1) is 6.92 Å². The zero-order chi connectivity index (χ0) is 15.0. The van der Waals surface area contributed by atoms with E-state index in [-0.39, 0.29) is 11.7 Å². The standard InChI is InChI=1S/C14H15N3O2S2/c1-7-5-20-14-11(7)12(18)16-10(17-14)4-9-6-21-13(15-9)8(2)19-3/h5-6,8H,4H2,1-3H3,(H,16,17,18)/t8-/m1/s1. The molecule has 0 unspecified atom stereocenters. The SMILES string of the molecule is CO[C@H](C)c1nc(Cc2nc3scc(C)c3c(=O)[nH]2)cs1. The summed E-state index contributed by atoms with van der Waals surface area (Å²) in [5, 5.41) is 5.56. The Kier molecular flexibility index (Phi) is 3.88. The number of aryl methyl sites for hydroxylation is 1. The molecule has 0 bridgehead atoms. The molecule has 3 rings (SSSR count). The maximum absolute atomic E-state index is 12.1. The first-order valence-corrected chi connectivity index (χ1v) is 8.28. The van der Waals surface area contributed by atoms with E-state index in [1.807, 2.05) is 24.6 Å². The minimum absolute atomic E-state index is 0.0156. The van der Waals surface area contributed by atoms with Crippen molar-refractivity contribution >= 4 is 32.9 Å². The van der Waals surface area contributed by atoms with Crippen molar-refractivity contribution in [3.63, 3.8) is 0 Å². The van der Waals surface area contributed by atoms with E-state index in [0.29, 0.717) is 17.6 Å². The molecule has 0 spiro atoms. The van der Waals surface area contributed by atoms with Gasteiger partial charge in [-0.25, -0.2) is 9.97 Å². The molecule has 0 fully saturated rings. The predicted octanol–water partition coefficient (Wildman–Crippen LogP) is 3.05. The zero-order valence-corrected chi connectivity index (χ0v) is 13.6. The van der Waals surface area contributed by atoms with E-state index in [4.69, 9.17) is 4.74 Å². The van der Waals surface area contributed by atoms with Crippen LogP contribution in [0.25, 0.3) is 10.2 Å². The molecule has 0 saturated heterocycles. The van der Waals surface area contributed by atoms with E-state index < -0.39 is 0 Å². The van der Waals surface area contributed by atoms with Crippen molar-refractivity contribution in [1.29, 1.82) is 0 Å². The van der Waals surface area contributed by atoms with Gasteiger partial charge >= 0.3 is 0 Å². The normalized spacial score (nSPS) is 12.9. The minimum atomic E-state index is -0.0746. The molecule has 3 aromatic heterocycles. The largest absolute Gasteiger partial charge is 0.375 e. The Morgan fingerprint density at radius 2 is 2.14 bits per heavy atom. The Labute approximate surface area is 129 Å². The molecule has 7 heteroatoms. The second kappa shape index (κ2) is 5.67. The lowest BCUT2D eigenvalue weighted by Gasteiger charge is -2.03. The summed E-state index contributed by atoms with van der Waals surface area (Å²) in [5.41, 5.74) is 1.80. The quantitative estimate of drug-likeness (QED) is 0.802. The molecule has 0 aliphatic heterocycles. The van der Waals surface area contributed by atoms with Gasteiger partial charge in [0, 0.05) is 18.9 Å². The van der Waals surface area contributed by atoms with Crippen LogP contribution in [0.4, 0.5) is 0 Å². The van der Waals surface area contributed by atoms with Gasteiger partial charge in [0.2, 0.25) is 0 Å². The van der Waals surface area contributed by atoms with Crippen molar-refractivity contribution in [1.82, 2.24) is 15.0 Å². The number of rotatable bonds is 4. The number of aromatic nitrogens is 3. The highest BCUT2D eigenvalue weighted by molar-refractivity contribution is 7.16. The van der Waals surface area contributed by atoms with E-state index in [1.54, 1.807) is 18.4 Å². The highest BCUT2D eigenvalue weighted by atomic mass is 32.1. The molecule has 0 amide bonds. The Hall–Kier alpha value is -1.57. The number of hydrogen-bond acceptors (Lipinski definition) is 6. The third kappa shape index (κ3) is 2.76. The summed E-state index contributed by atoms with van der Waals surface area (Å²) in [7, 11) is 1.66. The van der Waals surface area contributed by atoms with Gasteiger partial charge in [0.05, 0.1) is 11.1 Å². The summed E-state index contributed by atoms with van der Waals surface area (Å²) in [6, 6.07) is 0. The average Bonchev–Trinajstić information content (AvgIpc) is 3.05. The van der Waals surface area contributed by atoms with Crippen LogP contribution in [-0.4, -0.2) is 22.1 Å². The summed E-state index contributed by atoms with van der Waals surface area (Å²) >= 11 is 3.06. The van der Waals surface area contributed by atoms with Crippen molar-refractivity contribution in [2.24, 2.45) is 0 Å². The van der Waals surface area contributed by atoms with E-state index in [2.05, 4.69) is 15.0 Å². The van der Waals surface area contributed by atoms with Gasteiger partial charge in [-0.2, -0.15) is 0 Å². The molecule has 3 aromatic rings. The number of thiophene rings is 1. The van der Waals surface area contributed by atoms with Crippen LogP contribution < -0.4 is 5.56 Å². The van der Waals surface area contributed by atoms with Crippen molar-refractivity contribution in [3.05, 3.63) is 43.2 Å². The lowest BCUT2D eigenvalue weighted by atomic mass is 10.2. The third-order valence-corrected chi connectivity index (χ3v) is 5.34. The third-order valence-electron chi connectivity index (χ3n) is 3.30. The molecular formula is C14H15N3O2S2. The molecule has 0 aliphatic rings. The lowest BCUT2D eigenvalue weighted by molar-refractivity contribution is 0.119. The van der Waals surface area contributed by atoms with Crippen molar-refractivity contribution < 1.29 is 4.74 Å². The number of thiazole rings is 1. The Bertz CT molecular complexity index is 834. The first kappa shape index (κ1) is 14.4. The van der Waals surface area contributed by atoms with Crippen LogP contribution in [0.3, 0.4) is 0 Å². The number of hydrogen-bond donors (Lipinski definition) is 1. The minimum Gasteiger partial charge on any atom is -0.375 e. The zero-order valence-electron chi connectivity index (χ0n) is 12.0. The summed E-state index contributed by atoms with van der Waals surface area (Å²) in [5.74, 6) is 0.649. The van der Waals surface area contributed by atoms with Gasteiger partial charge < -0.3 is 9.72 Å². The second-order valence-corrected chi connectivity index (χ2v) is 6.59. The van der Waals surface area contributed by atoms with Crippen LogP contribution in [-0.2, 0) is 11.2 Å². The Balaban J connectivity index is 1.91. The summed E-state index contributed by atoms with van der Waals surface area (Å²) in [6.07, 6.45) is 0.507. The van der Waals surface area contributed by atoms with Crippen LogP contribution in [0.1, 0.15) is 35.1 Å². The van der Waals surface area contributed by atoms with Crippen LogP contribution >= 0.6 is 22.7 Å². The number of methoxy groups -OCH3 is 1. The Morgan fingerprint density at radius 3 is 2.90 bits per heavy atom. The van der Waals surface area contributed by atoms with E-state index >= 15 is 0 Å². The van der Waals surface area contributed by atoms with Gasteiger partial charge in [0.1, 0.15) is 21.8 Å². The first-order chi connectivity index (χ1) is 10.1. The van der Waals surface area contributed by atoms with Crippen LogP contribution in [0.15, 0.2) is 15.6 Å². The van der Waals surface area contributed by atoms with E-state index in [0.717, 1.165) is 21.1 Å². The summed E-state index contributed by atoms with van der Waals surface area (Å²) in [6.45, 7) is 3.89. The van der Waals surface area contributed by atoms with E-state index in [9.17, 15) is 4.79 Å². The van der Waals surface area contributed by atoms with E-state index in [1.165, 1.54) is 11.3 Å². The van der Waals surface area contributed by atoms with Crippen molar-refractivity contribution in [2.45, 2.75) is 26.4 Å². The topological polar surface area (TPSA) is 67.9 Å². The van der Waals surface area contributed by atoms with Crippen molar-refractivity contribution in [3.8, 4) is 0 Å². The number of H-pyrrole nitrogens is 1. The summed E-state index contributed by atoms with van der Waals surface area (Å²) < 4.78 is 5.26. The predicted molar refractivity (Wildman–Crippen MR) is 85.3 cm³/mol. The molecular weight excluding hydrogens is 306 g/mol. The van der Waals surface area contributed by atoms with Gasteiger partial charge in [0.15, 0.2) is 0 Å². The molecule has 110 valence electrons. The second-order valence-electron chi connectivity index (χ2n) is 4.84. The fraction of sp³-hybridized carbons (Fsp3) is 0.357. The molecule has 1 N–H and O–H groups in total. The number of ether oxygens (including phenoxy) is 1. The first-order valence-electron chi connectivity index (χ1n) is 6.52. The van der Waals surface area contributed by atoms with Crippen molar-refractivity contribution in [2.75, 3.05) is 7.11 Å². The number of aromatic amines is 1. The molecule has 0 aliphatic carbocycles. The average molecular weight is 321 g/mol. The molecule has 3 heterocycles. The van der Waals surface area contributed by atoms with Crippen LogP contribution in [0.5, 0.6) is 0 Å². The molecule has 0 radical (unpaired) electrons. The molecule has 0 aromatic carbocycles. The number of fused-ring (bicyclic) bond motifs is 1. The molecule has 21 heavy (non-hydrogen) atoms. The smallest absolute Gasteiger partial charge is 0.259 e.